The maximum Gasteiger partial charge on any atom is 0.308 e. The number of hydrogen-bond acceptors (Lipinski definition) is 4. The molecule has 0 atom stereocenters. The lowest BCUT2D eigenvalue weighted by atomic mass is 10.1. The van der Waals surface area contributed by atoms with Gasteiger partial charge < -0.3 is 14.8 Å². The number of benzene rings is 1. The van der Waals surface area contributed by atoms with Gasteiger partial charge in [0.2, 0.25) is 0 Å². The molecule has 2 N–H and O–H groups in total. The van der Waals surface area contributed by atoms with Crippen molar-refractivity contribution < 1.29 is 14.6 Å². The fraction of sp³-hybridized carbons (Fsp3) is 0.267. The monoisotopic (exact) mass is 288 g/mol. The van der Waals surface area contributed by atoms with E-state index in [0.29, 0.717) is 5.82 Å². The second kappa shape index (κ2) is 6.21. The van der Waals surface area contributed by atoms with Crippen LogP contribution in [0.25, 0.3) is 0 Å². The van der Waals surface area contributed by atoms with Crippen LogP contribution in [0.4, 0.5) is 0 Å². The first-order valence-electron chi connectivity index (χ1n) is 6.44. The van der Waals surface area contributed by atoms with Crippen LogP contribution in [-0.2, 0) is 17.8 Å². The summed E-state index contributed by atoms with van der Waals surface area (Å²) in [7, 11) is 0. The molecular formula is C15H16N2O4. The van der Waals surface area contributed by atoms with Gasteiger partial charge in [-0.3, -0.25) is 9.59 Å². The Hall–Kier alpha value is -2.63. The van der Waals surface area contributed by atoms with Crippen LogP contribution in [0.1, 0.15) is 22.5 Å². The predicted octanol–water partition coefficient (Wildman–Crippen LogP) is 1.59. The van der Waals surface area contributed by atoms with Crippen molar-refractivity contribution in [1.29, 1.82) is 0 Å². The summed E-state index contributed by atoms with van der Waals surface area (Å²) in [6.45, 7) is 4.01. The van der Waals surface area contributed by atoms with Crippen LogP contribution in [0.15, 0.2) is 29.2 Å². The molecule has 2 aromatic rings. The molecule has 0 bridgehead atoms. The normalized spacial score (nSPS) is 10.4. The number of H-pyrrole nitrogens is 1. The largest absolute Gasteiger partial charge is 0.485 e. The molecule has 21 heavy (non-hydrogen) atoms. The summed E-state index contributed by atoms with van der Waals surface area (Å²) in [4.78, 5) is 28.8. The lowest BCUT2D eigenvalue weighted by molar-refractivity contribution is -0.136. The van der Waals surface area contributed by atoms with Gasteiger partial charge in [0, 0.05) is 11.8 Å². The first-order valence-corrected chi connectivity index (χ1v) is 6.44. The van der Waals surface area contributed by atoms with E-state index >= 15 is 0 Å². The highest BCUT2D eigenvalue weighted by Crippen LogP contribution is 2.19. The Morgan fingerprint density at radius 3 is 2.81 bits per heavy atom. The zero-order valence-electron chi connectivity index (χ0n) is 11.8. The second-order valence-corrected chi connectivity index (χ2v) is 4.81. The smallest absolute Gasteiger partial charge is 0.308 e. The highest BCUT2D eigenvalue weighted by molar-refractivity contribution is 5.69. The molecule has 0 fully saturated rings. The van der Waals surface area contributed by atoms with Gasteiger partial charge in [-0.05, 0) is 31.0 Å². The SMILES string of the molecule is Cc1ccc(C)c(OCc2ncc(CC(=O)O)c(=O)[nH]2)c1. The Morgan fingerprint density at radius 1 is 1.38 bits per heavy atom. The van der Waals surface area contributed by atoms with E-state index in [1.807, 2.05) is 32.0 Å². The van der Waals surface area contributed by atoms with E-state index in [1.165, 1.54) is 6.20 Å². The number of hydrogen-bond donors (Lipinski definition) is 2. The van der Waals surface area contributed by atoms with Crippen molar-refractivity contribution >= 4 is 5.97 Å². The molecule has 0 aliphatic heterocycles. The van der Waals surface area contributed by atoms with Gasteiger partial charge in [0.1, 0.15) is 18.2 Å². The topological polar surface area (TPSA) is 92.3 Å². The number of carboxylic acids is 1. The number of aromatic nitrogens is 2. The van der Waals surface area contributed by atoms with Gasteiger partial charge >= 0.3 is 5.97 Å². The average molecular weight is 288 g/mol. The van der Waals surface area contributed by atoms with E-state index in [0.717, 1.165) is 16.9 Å². The molecular weight excluding hydrogens is 272 g/mol. The van der Waals surface area contributed by atoms with E-state index in [-0.39, 0.29) is 18.6 Å². The molecule has 0 unspecified atom stereocenters. The molecule has 0 saturated carbocycles. The summed E-state index contributed by atoms with van der Waals surface area (Å²) < 4.78 is 5.63. The van der Waals surface area contributed by atoms with Crippen LogP contribution in [0.3, 0.4) is 0 Å². The Kier molecular flexibility index (Phi) is 4.37. The lowest BCUT2D eigenvalue weighted by Gasteiger charge is -2.09. The number of nitrogens with one attached hydrogen (secondary N) is 1. The highest BCUT2D eigenvalue weighted by atomic mass is 16.5. The minimum atomic E-state index is -1.07. The molecule has 0 saturated heterocycles. The van der Waals surface area contributed by atoms with Crippen molar-refractivity contribution in [3.8, 4) is 5.75 Å². The molecule has 0 spiro atoms. The molecule has 6 nitrogen and oxygen atoms in total. The highest BCUT2D eigenvalue weighted by Gasteiger charge is 2.08. The van der Waals surface area contributed by atoms with Crippen molar-refractivity contribution in [3.63, 3.8) is 0 Å². The number of carboxylic acid groups (broad SMARTS) is 1. The number of aryl methyl sites for hydroxylation is 2. The van der Waals surface area contributed by atoms with Gasteiger partial charge in [-0.2, -0.15) is 0 Å². The summed E-state index contributed by atoms with van der Waals surface area (Å²) in [5, 5.41) is 8.66. The van der Waals surface area contributed by atoms with Crippen molar-refractivity contribution in [3.05, 3.63) is 57.3 Å². The van der Waals surface area contributed by atoms with Crippen LogP contribution in [0.5, 0.6) is 5.75 Å². The molecule has 0 aliphatic rings. The molecule has 0 radical (unpaired) electrons. The predicted molar refractivity (Wildman–Crippen MR) is 76.4 cm³/mol. The van der Waals surface area contributed by atoms with Crippen molar-refractivity contribution in [1.82, 2.24) is 9.97 Å². The maximum absolute atomic E-state index is 11.7. The fourth-order valence-electron chi connectivity index (χ4n) is 1.83. The maximum atomic E-state index is 11.7. The average Bonchev–Trinajstić information content (AvgIpc) is 2.42. The number of nitrogens with zero attached hydrogens (tertiary/aromatic N) is 1. The summed E-state index contributed by atoms with van der Waals surface area (Å²) in [5.41, 5.74) is 1.74. The van der Waals surface area contributed by atoms with Crippen LogP contribution >= 0.6 is 0 Å². The van der Waals surface area contributed by atoms with Crippen LogP contribution in [0, 0.1) is 13.8 Å². The number of rotatable bonds is 5. The summed E-state index contributed by atoms with van der Waals surface area (Å²) >= 11 is 0. The van der Waals surface area contributed by atoms with E-state index in [1.54, 1.807) is 0 Å². The Morgan fingerprint density at radius 2 is 2.14 bits per heavy atom. The number of ether oxygens (including phenoxy) is 1. The van der Waals surface area contributed by atoms with Gasteiger partial charge in [0.05, 0.1) is 6.42 Å². The standard InChI is InChI=1S/C15H16N2O4/c1-9-3-4-10(2)12(5-9)21-8-13-16-7-11(6-14(18)19)15(20)17-13/h3-5,7H,6,8H2,1-2H3,(H,18,19)(H,16,17,20). The molecule has 0 amide bonds. The lowest BCUT2D eigenvalue weighted by Crippen LogP contribution is -2.19. The van der Waals surface area contributed by atoms with Crippen LogP contribution in [0.2, 0.25) is 0 Å². The van der Waals surface area contributed by atoms with E-state index in [2.05, 4.69) is 9.97 Å². The summed E-state index contributed by atoms with van der Waals surface area (Å²) in [6, 6.07) is 5.85. The van der Waals surface area contributed by atoms with Gasteiger partial charge in [0.15, 0.2) is 0 Å². The zero-order chi connectivity index (χ0) is 15.4. The van der Waals surface area contributed by atoms with Crippen molar-refractivity contribution in [2.24, 2.45) is 0 Å². The Bertz CT molecular complexity index is 722. The second-order valence-electron chi connectivity index (χ2n) is 4.81. The third kappa shape index (κ3) is 3.92. The Labute approximate surface area is 121 Å². The van der Waals surface area contributed by atoms with Crippen LogP contribution < -0.4 is 10.3 Å². The van der Waals surface area contributed by atoms with Gasteiger partial charge in [-0.25, -0.2) is 4.98 Å². The molecule has 6 heteroatoms. The quantitative estimate of drug-likeness (QED) is 0.871. The minimum absolute atomic E-state index is 0.118. The molecule has 2 rings (SSSR count). The molecule has 1 heterocycles. The third-order valence-electron chi connectivity index (χ3n) is 2.98. The summed E-state index contributed by atoms with van der Waals surface area (Å²) in [5.74, 6) is 0.0176. The number of carbonyl (C=O) groups is 1. The minimum Gasteiger partial charge on any atom is -0.485 e. The van der Waals surface area contributed by atoms with Gasteiger partial charge in [-0.1, -0.05) is 12.1 Å². The van der Waals surface area contributed by atoms with Gasteiger partial charge in [0.25, 0.3) is 5.56 Å². The molecule has 110 valence electrons. The fourth-order valence-corrected chi connectivity index (χ4v) is 1.83. The van der Waals surface area contributed by atoms with E-state index < -0.39 is 11.5 Å². The van der Waals surface area contributed by atoms with Crippen LogP contribution in [-0.4, -0.2) is 21.0 Å². The van der Waals surface area contributed by atoms with E-state index in [4.69, 9.17) is 9.84 Å². The first kappa shape index (κ1) is 14.8. The van der Waals surface area contributed by atoms with Crippen molar-refractivity contribution in [2.75, 3.05) is 0 Å². The molecule has 1 aromatic heterocycles. The third-order valence-corrected chi connectivity index (χ3v) is 2.98. The zero-order valence-corrected chi connectivity index (χ0v) is 11.8. The number of aliphatic carboxylic acids is 1. The van der Waals surface area contributed by atoms with E-state index in [9.17, 15) is 9.59 Å². The Balaban J connectivity index is 2.10. The van der Waals surface area contributed by atoms with Crippen molar-refractivity contribution in [2.45, 2.75) is 26.9 Å². The molecule has 1 aromatic carbocycles. The summed E-state index contributed by atoms with van der Waals surface area (Å²) in [6.07, 6.45) is 0.926. The number of aromatic amines is 1. The first-order chi connectivity index (χ1) is 9.95. The van der Waals surface area contributed by atoms with Gasteiger partial charge in [-0.15, -0.1) is 0 Å². The molecule has 0 aliphatic carbocycles.